The predicted molar refractivity (Wildman–Crippen MR) is 50.2 cm³/mol. The van der Waals surface area contributed by atoms with Crippen LogP contribution >= 0.6 is 11.6 Å². The Morgan fingerprint density at radius 1 is 1.57 bits per heavy atom. The third-order valence-electron chi connectivity index (χ3n) is 2.25. The fourth-order valence-corrected chi connectivity index (χ4v) is 1.54. The maximum atomic E-state index is 11.4. The molecule has 1 heterocycles. The zero-order chi connectivity index (χ0) is 10.1. The molecule has 1 aromatic rings. The number of aliphatic hydroxyl groups excluding tert-OH is 1. The van der Waals surface area contributed by atoms with E-state index in [9.17, 15) is 4.79 Å². The number of carbonyl (C=O) groups excluding carboxylic acids is 1. The average molecular weight is 216 g/mol. The second kappa shape index (κ2) is 3.63. The first-order valence-corrected chi connectivity index (χ1v) is 4.77. The Kier molecular flexibility index (Phi) is 2.48. The van der Waals surface area contributed by atoms with Gasteiger partial charge in [-0.05, 0) is 36.6 Å². The highest BCUT2D eigenvalue weighted by atomic mass is 35.5. The van der Waals surface area contributed by atoms with Gasteiger partial charge in [0.25, 0.3) is 5.91 Å². The molecule has 1 amide bonds. The highest BCUT2D eigenvalue weighted by Crippen LogP contribution is 2.20. The summed E-state index contributed by atoms with van der Waals surface area (Å²) in [4.78, 5) is 11.4. The Morgan fingerprint density at radius 3 is 2.79 bits per heavy atom. The lowest BCUT2D eigenvalue weighted by Crippen LogP contribution is -2.46. The number of carbonyl (C=O) groups is 1. The number of hydrogen-bond donors (Lipinski definition) is 2. The Bertz CT molecular complexity index is 344. The van der Waals surface area contributed by atoms with Crippen molar-refractivity contribution in [3.63, 3.8) is 0 Å². The molecule has 0 bridgehead atoms. The Hall–Kier alpha value is -1.00. The van der Waals surface area contributed by atoms with E-state index in [4.69, 9.17) is 21.1 Å². The average Bonchev–Trinajstić information content (AvgIpc) is 2.49. The third-order valence-corrected chi connectivity index (χ3v) is 2.45. The molecule has 0 unspecified atom stereocenters. The van der Waals surface area contributed by atoms with Crippen LogP contribution in [0.4, 0.5) is 0 Å². The summed E-state index contributed by atoms with van der Waals surface area (Å²) in [6.07, 6.45) is 0.945. The van der Waals surface area contributed by atoms with E-state index in [0.717, 1.165) is 0 Å². The molecule has 2 rings (SSSR count). The predicted octanol–water partition coefficient (Wildman–Crippen LogP) is 1.19. The largest absolute Gasteiger partial charge is 0.440 e. The van der Waals surface area contributed by atoms with Gasteiger partial charge in [0.2, 0.25) is 0 Å². The maximum absolute atomic E-state index is 11.4. The van der Waals surface area contributed by atoms with E-state index in [2.05, 4.69) is 5.32 Å². The van der Waals surface area contributed by atoms with Crippen molar-refractivity contribution < 1.29 is 14.3 Å². The lowest BCUT2D eigenvalue weighted by molar-refractivity contribution is 0.0551. The maximum Gasteiger partial charge on any atom is 0.287 e. The summed E-state index contributed by atoms with van der Waals surface area (Å²) in [6, 6.07) is 3.10. The highest BCUT2D eigenvalue weighted by Gasteiger charge is 2.29. The van der Waals surface area contributed by atoms with Crippen LogP contribution in [0.15, 0.2) is 16.5 Å². The van der Waals surface area contributed by atoms with Crippen molar-refractivity contribution in [2.45, 2.75) is 25.0 Å². The van der Waals surface area contributed by atoms with Crippen LogP contribution in [-0.4, -0.2) is 23.2 Å². The van der Waals surface area contributed by atoms with Crippen LogP contribution < -0.4 is 5.32 Å². The van der Waals surface area contributed by atoms with Crippen LogP contribution in [0.3, 0.4) is 0 Å². The van der Waals surface area contributed by atoms with Crippen molar-refractivity contribution in [3.05, 3.63) is 23.1 Å². The number of halogens is 1. The summed E-state index contributed by atoms with van der Waals surface area (Å²) >= 11 is 5.53. The van der Waals surface area contributed by atoms with Gasteiger partial charge >= 0.3 is 0 Å². The van der Waals surface area contributed by atoms with Crippen molar-refractivity contribution in [2.75, 3.05) is 0 Å². The van der Waals surface area contributed by atoms with Crippen LogP contribution in [0.25, 0.3) is 0 Å². The standard InChI is InChI=1S/C9H10ClNO3/c10-8-2-1-7(14-8)9(13)11-5-3-6(12)4-5/h1-2,5-6,12H,3-4H2,(H,11,13). The molecule has 1 aromatic heterocycles. The molecule has 0 spiro atoms. The molecule has 1 saturated carbocycles. The first-order chi connectivity index (χ1) is 6.65. The fourth-order valence-electron chi connectivity index (χ4n) is 1.40. The number of amides is 1. The molecule has 0 atom stereocenters. The van der Waals surface area contributed by atoms with Crippen molar-refractivity contribution in [3.8, 4) is 0 Å². The number of furan rings is 1. The molecule has 1 aliphatic rings. The number of aliphatic hydroxyl groups is 1. The van der Waals surface area contributed by atoms with Gasteiger partial charge in [0.1, 0.15) is 0 Å². The SMILES string of the molecule is O=C(NC1CC(O)C1)c1ccc(Cl)o1. The van der Waals surface area contributed by atoms with Crippen molar-refractivity contribution in [2.24, 2.45) is 0 Å². The van der Waals surface area contributed by atoms with Gasteiger partial charge in [-0.15, -0.1) is 0 Å². The minimum atomic E-state index is -0.284. The summed E-state index contributed by atoms with van der Waals surface area (Å²) in [5.74, 6) is -0.0785. The smallest absolute Gasteiger partial charge is 0.287 e. The van der Waals surface area contributed by atoms with Gasteiger partial charge in [0, 0.05) is 6.04 Å². The van der Waals surface area contributed by atoms with E-state index in [1.54, 1.807) is 0 Å². The fraction of sp³-hybridized carbons (Fsp3) is 0.444. The van der Waals surface area contributed by atoms with Gasteiger partial charge in [-0.2, -0.15) is 0 Å². The van der Waals surface area contributed by atoms with Crippen LogP contribution in [0.2, 0.25) is 5.22 Å². The molecule has 2 N–H and O–H groups in total. The topological polar surface area (TPSA) is 62.5 Å². The number of nitrogens with one attached hydrogen (secondary N) is 1. The number of rotatable bonds is 2. The zero-order valence-corrected chi connectivity index (χ0v) is 8.12. The van der Waals surface area contributed by atoms with Gasteiger partial charge in [-0.1, -0.05) is 0 Å². The molecule has 1 aliphatic carbocycles. The van der Waals surface area contributed by atoms with E-state index in [1.807, 2.05) is 0 Å². The van der Waals surface area contributed by atoms with Gasteiger partial charge < -0.3 is 14.8 Å². The summed E-state index contributed by atoms with van der Waals surface area (Å²) in [5, 5.41) is 11.9. The molecule has 0 saturated heterocycles. The third kappa shape index (κ3) is 1.91. The van der Waals surface area contributed by atoms with Crippen LogP contribution in [0.1, 0.15) is 23.4 Å². The summed E-state index contributed by atoms with van der Waals surface area (Å²) in [7, 11) is 0. The minimum absolute atomic E-state index is 0.0568. The molecule has 5 heteroatoms. The highest BCUT2D eigenvalue weighted by molar-refractivity contribution is 6.29. The molecular weight excluding hydrogens is 206 g/mol. The summed E-state index contributed by atoms with van der Waals surface area (Å²) in [6.45, 7) is 0. The van der Waals surface area contributed by atoms with Crippen molar-refractivity contribution >= 4 is 17.5 Å². The molecular formula is C9H10ClNO3. The Balaban J connectivity index is 1.90. The molecule has 14 heavy (non-hydrogen) atoms. The molecule has 4 nitrogen and oxygen atoms in total. The molecule has 1 fully saturated rings. The second-order valence-electron chi connectivity index (χ2n) is 3.40. The lowest BCUT2D eigenvalue weighted by atomic mass is 9.89. The molecule has 0 aromatic carbocycles. The van der Waals surface area contributed by atoms with Gasteiger partial charge in [0.15, 0.2) is 11.0 Å². The van der Waals surface area contributed by atoms with Gasteiger partial charge in [0.05, 0.1) is 6.10 Å². The zero-order valence-electron chi connectivity index (χ0n) is 7.37. The Morgan fingerprint density at radius 2 is 2.29 bits per heavy atom. The second-order valence-corrected chi connectivity index (χ2v) is 3.77. The van der Waals surface area contributed by atoms with Crippen LogP contribution in [-0.2, 0) is 0 Å². The van der Waals surface area contributed by atoms with E-state index in [0.29, 0.717) is 12.8 Å². The lowest BCUT2D eigenvalue weighted by Gasteiger charge is -2.31. The van der Waals surface area contributed by atoms with Gasteiger partial charge in [-0.25, -0.2) is 0 Å². The van der Waals surface area contributed by atoms with E-state index in [1.165, 1.54) is 12.1 Å². The number of hydrogen-bond acceptors (Lipinski definition) is 3. The normalized spacial score (nSPS) is 25.6. The quantitative estimate of drug-likeness (QED) is 0.779. The minimum Gasteiger partial charge on any atom is -0.440 e. The molecule has 0 aliphatic heterocycles. The summed E-state index contributed by atoms with van der Waals surface area (Å²) < 4.78 is 4.93. The Labute approximate surface area is 85.9 Å². The van der Waals surface area contributed by atoms with Gasteiger partial charge in [-0.3, -0.25) is 4.79 Å². The van der Waals surface area contributed by atoms with Crippen molar-refractivity contribution in [1.82, 2.24) is 5.32 Å². The first-order valence-electron chi connectivity index (χ1n) is 4.39. The summed E-state index contributed by atoms with van der Waals surface area (Å²) in [5.41, 5.74) is 0. The van der Waals surface area contributed by atoms with Crippen LogP contribution in [0.5, 0.6) is 0 Å². The molecule has 76 valence electrons. The van der Waals surface area contributed by atoms with Crippen molar-refractivity contribution in [1.29, 1.82) is 0 Å². The van der Waals surface area contributed by atoms with E-state index < -0.39 is 0 Å². The van der Waals surface area contributed by atoms with E-state index in [-0.39, 0.29) is 29.0 Å². The first kappa shape index (κ1) is 9.55. The van der Waals surface area contributed by atoms with E-state index >= 15 is 0 Å². The monoisotopic (exact) mass is 215 g/mol. The molecule has 0 radical (unpaired) electrons. The van der Waals surface area contributed by atoms with Crippen LogP contribution in [0, 0.1) is 0 Å².